The van der Waals surface area contributed by atoms with E-state index in [0.29, 0.717) is 0 Å². The summed E-state index contributed by atoms with van der Waals surface area (Å²) in [6.07, 6.45) is 11.1. The van der Waals surface area contributed by atoms with Gasteiger partial charge in [0.2, 0.25) is 0 Å². The molecule has 0 aromatic rings. The molecule has 0 spiro atoms. The zero-order valence-electron chi connectivity index (χ0n) is 8.82. The molecule has 0 aromatic carbocycles. The van der Waals surface area contributed by atoms with Gasteiger partial charge in [-0.25, -0.2) is 0 Å². The fourth-order valence-electron chi connectivity index (χ4n) is 1.87. The summed E-state index contributed by atoms with van der Waals surface area (Å²) in [5.41, 5.74) is 0. The zero-order valence-corrected chi connectivity index (χ0v) is 9.82. The maximum atomic E-state index is 2.55. The highest BCUT2D eigenvalue weighted by atomic mass is 28.3. The predicted molar refractivity (Wildman–Crippen MR) is 59.1 cm³/mol. The zero-order chi connectivity index (χ0) is 9.03. The minimum atomic E-state index is -0.950. The van der Waals surface area contributed by atoms with E-state index in [1.807, 2.05) is 5.20 Å². The Morgan fingerprint density at radius 3 is 2.33 bits per heavy atom. The molecular weight excluding hydrogens is 160 g/mol. The van der Waals surface area contributed by atoms with Crippen molar-refractivity contribution in [3.63, 3.8) is 0 Å². The lowest BCUT2D eigenvalue weighted by Crippen LogP contribution is -2.24. The second-order valence-electron chi connectivity index (χ2n) is 4.93. The van der Waals surface area contributed by atoms with Crippen molar-refractivity contribution in [2.24, 2.45) is 0 Å². The van der Waals surface area contributed by atoms with Crippen molar-refractivity contribution >= 4 is 8.07 Å². The van der Waals surface area contributed by atoms with E-state index in [4.69, 9.17) is 0 Å². The van der Waals surface area contributed by atoms with E-state index in [9.17, 15) is 0 Å². The maximum absolute atomic E-state index is 2.55. The first-order chi connectivity index (χ1) is 5.61. The van der Waals surface area contributed by atoms with Gasteiger partial charge < -0.3 is 0 Å². The summed E-state index contributed by atoms with van der Waals surface area (Å²) in [5, 5.41) is 1.82. The second kappa shape index (κ2) is 4.27. The van der Waals surface area contributed by atoms with Crippen LogP contribution in [0.15, 0.2) is 11.3 Å². The fourth-order valence-corrected chi connectivity index (χ4v) is 3.56. The standard InChI is InChI=1S/C11H22Si/c1-12(2,3)11-9-7-5-4-6-8-10-11/h9H,4-8,10H2,1-3H3. The van der Waals surface area contributed by atoms with Gasteiger partial charge in [-0.3, -0.25) is 0 Å². The topological polar surface area (TPSA) is 0 Å². The van der Waals surface area contributed by atoms with Crippen LogP contribution in [0.25, 0.3) is 0 Å². The van der Waals surface area contributed by atoms with Crippen molar-refractivity contribution in [1.82, 2.24) is 0 Å². The molecule has 12 heavy (non-hydrogen) atoms. The van der Waals surface area contributed by atoms with Crippen LogP contribution in [0.3, 0.4) is 0 Å². The summed E-state index contributed by atoms with van der Waals surface area (Å²) >= 11 is 0. The number of allylic oxidation sites excluding steroid dienone is 2. The van der Waals surface area contributed by atoms with Crippen molar-refractivity contribution in [1.29, 1.82) is 0 Å². The summed E-state index contributed by atoms with van der Waals surface area (Å²) in [4.78, 5) is 0. The molecule has 0 bridgehead atoms. The lowest BCUT2D eigenvalue weighted by Gasteiger charge is -2.22. The minimum Gasteiger partial charge on any atom is -0.0892 e. The molecule has 0 saturated heterocycles. The van der Waals surface area contributed by atoms with E-state index in [2.05, 4.69) is 25.7 Å². The quantitative estimate of drug-likeness (QED) is 0.535. The average molecular weight is 182 g/mol. The van der Waals surface area contributed by atoms with Crippen LogP contribution in [-0.4, -0.2) is 8.07 Å². The first kappa shape index (κ1) is 10.0. The van der Waals surface area contributed by atoms with Gasteiger partial charge in [0.1, 0.15) is 0 Å². The Hall–Kier alpha value is -0.0431. The van der Waals surface area contributed by atoms with Crippen LogP contribution >= 0.6 is 0 Å². The Balaban J connectivity index is 2.59. The number of rotatable bonds is 1. The summed E-state index contributed by atoms with van der Waals surface area (Å²) in [5.74, 6) is 0. The third kappa shape index (κ3) is 3.14. The van der Waals surface area contributed by atoms with Gasteiger partial charge in [0.25, 0.3) is 0 Å². The van der Waals surface area contributed by atoms with Crippen LogP contribution in [0, 0.1) is 0 Å². The Labute approximate surface area is 78.1 Å². The number of hydrogen-bond donors (Lipinski definition) is 0. The van der Waals surface area contributed by atoms with Crippen LogP contribution < -0.4 is 0 Å². The predicted octanol–water partition coefficient (Wildman–Crippen LogP) is 4.14. The third-order valence-electron chi connectivity index (χ3n) is 2.75. The summed E-state index contributed by atoms with van der Waals surface area (Å²) in [6.45, 7) is 7.42. The highest BCUT2D eigenvalue weighted by Gasteiger charge is 2.18. The smallest absolute Gasteiger partial charge is 0.0720 e. The molecule has 0 saturated carbocycles. The molecule has 0 aliphatic heterocycles. The second-order valence-corrected chi connectivity index (χ2v) is 10.1. The van der Waals surface area contributed by atoms with Gasteiger partial charge in [0.15, 0.2) is 0 Å². The highest BCUT2D eigenvalue weighted by molar-refractivity contribution is 6.83. The summed E-state index contributed by atoms with van der Waals surface area (Å²) in [6, 6.07) is 0. The van der Waals surface area contributed by atoms with Crippen molar-refractivity contribution in [2.75, 3.05) is 0 Å². The Morgan fingerprint density at radius 2 is 1.67 bits per heavy atom. The summed E-state index contributed by atoms with van der Waals surface area (Å²) < 4.78 is 0. The third-order valence-corrected chi connectivity index (χ3v) is 5.14. The van der Waals surface area contributed by atoms with Gasteiger partial charge in [0, 0.05) is 0 Å². The van der Waals surface area contributed by atoms with Crippen LogP contribution in [0.5, 0.6) is 0 Å². The lowest BCUT2D eigenvalue weighted by molar-refractivity contribution is 0.632. The van der Waals surface area contributed by atoms with E-state index < -0.39 is 8.07 Å². The molecule has 1 aliphatic rings. The van der Waals surface area contributed by atoms with Gasteiger partial charge in [-0.1, -0.05) is 43.8 Å². The first-order valence-corrected chi connectivity index (χ1v) is 8.80. The fraction of sp³-hybridized carbons (Fsp3) is 0.818. The van der Waals surface area contributed by atoms with Crippen LogP contribution in [0.1, 0.15) is 38.5 Å². The molecule has 0 unspecified atom stereocenters. The molecule has 0 aromatic heterocycles. The normalized spacial score (nSPS) is 21.1. The largest absolute Gasteiger partial charge is 0.0892 e. The van der Waals surface area contributed by atoms with E-state index in [-0.39, 0.29) is 0 Å². The van der Waals surface area contributed by atoms with E-state index in [0.717, 1.165) is 0 Å². The van der Waals surface area contributed by atoms with Gasteiger partial charge >= 0.3 is 0 Å². The Bertz CT molecular complexity index is 162. The highest BCUT2D eigenvalue weighted by Crippen LogP contribution is 2.24. The molecule has 0 fully saturated rings. The van der Waals surface area contributed by atoms with Crippen LogP contribution in [0.2, 0.25) is 19.6 Å². The van der Waals surface area contributed by atoms with E-state index >= 15 is 0 Å². The molecular formula is C11H22Si. The Kier molecular flexibility index (Phi) is 3.57. The SMILES string of the molecule is C[Si](C)(C)C1=CCCCCCC1. The lowest BCUT2D eigenvalue weighted by atomic mass is 10.1. The molecule has 1 aliphatic carbocycles. The molecule has 1 rings (SSSR count). The van der Waals surface area contributed by atoms with Gasteiger partial charge in [-0.05, 0) is 25.7 Å². The molecule has 0 amide bonds. The molecule has 1 heteroatoms. The minimum absolute atomic E-state index is 0.950. The van der Waals surface area contributed by atoms with Gasteiger partial charge in [-0.2, -0.15) is 0 Å². The molecule has 0 atom stereocenters. The molecule has 70 valence electrons. The van der Waals surface area contributed by atoms with Gasteiger partial charge in [-0.15, -0.1) is 0 Å². The van der Waals surface area contributed by atoms with Crippen molar-refractivity contribution < 1.29 is 0 Å². The monoisotopic (exact) mass is 182 g/mol. The molecule has 0 N–H and O–H groups in total. The molecule has 0 heterocycles. The van der Waals surface area contributed by atoms with Crippen molar-refractivity contribution in [2.45, 2.75) is 58.2 Å². The Morgan fingerprint density at radius 1 is 1.00 bits per heavy atom. The average Bonchev–Trinajstić information content (AvgIpc) is 1.81. The first-order valence-electron chi connectivity index (χ1n) is 5.30. The van der Waals surface area contributed by atoms with E-state index in [1.54, 1.807) is 0 Å². The maximum Gasteiger partial charge on any atom is 0.0720 e. The van der Waals surface area contributed by atoms with Crippen molar-refractivity contribution in [3.8, 4) is 0 Å². The van der Waals surface area contributed by atoms with Gasteiger partial charge in [0.05, 0.1) is 8.07 Å². The molecule has 0 radical (unpaired) electrons. The van der Waals surface area contributed by atoms with Crippen LogP contribution in [0.4, 0.5) is 0 Å². The summed E-state index contributed by atoms with van der Waals surface area (Å²) in [7, 11) is -0.950. The van der Waals surface area contributed by atoms with E-state index in [1.165, 1.54) is 38.5 Å². The molecule has 0 nitrogen and oxygen atoms in total. The number of hydrogen-bond acceptors (Lipinski definition) is 0. The van der Waals surface area contributed by atoms with Crippen LogP contribution in [-0.2, 0) is 0 Å². The van der Waals surface area contributed by atoms with Crippen molar-refractivity contribution in [3.05, 3.63) is 11.3 Å².